The van der Waals surface area contributed by atoms with Gasteiger partial charge in [0.15, 0.2) is 0 Å². The Bertz CT molecular complexity index is 869. The largest absolute Gasteiger partial charge is 0.480 e. The highest BCUT2D eigenvalue weighted by Crippen LogP contribution is 2.48. The molecule has 24 heavy (non-hydrogen) atoms. The number of carboxylic acid groups (broad SMARTS) is 1. The average Bonchev–Trinajstić information content (AvgIpc) is 2.80. The molecule has 4 aliphatic rings. The number of aliphatic carboxylic acids is 1. The fourth-order valence-electron chi connectivity index (χ4n) is 4.87. The maximum Gasteiger partial charge on any atom is 0.318 e. The van der Waals surface area contributed by atoms with Crippen LogP contribution in [0.5, 0.6) is 0 Å². The first-order valence-electron chi connectivity index (χ1n) is 8.52. The summed E-state index contributed by atoms with van der Waals surface area (Å²) in [6.07, 6.45) is 2.98. The molecule has 1 aromatic heterocycles. The first kappa shape index (κ1) is 14.3. The van der Waals surface area contributed by atoms with E-state index in [4.69, 9.17) is 4.74 Å². The van der Waals surface area contributed by atoms with Crippen LogP contribution < -0.4 is 0 Å². The van der Waals surface area contributed by atoms with E-state index in [1.807, 2.05) is 18.2 Å². The molecule has 3 atom stereocenters. The Morgan fingerprint density at radius 3 is 3.08 bits per heavy atom. The minimum Gasteiger partial charge on any atom is -0.480 e. The minimum atomic E-state index is -1.01. The van der Waals surface area contributed by atoms with E-state index in [1.165, 1.54) is 5.57 Å². The molecule has 4 bridgehead atoms. The lowest BCUT2D eigenvalue weighted by atomic mass is 9.65. The summed E-state index contributed by atoms with van der Waals surface area (Å²) in [5.74, 6) is -0.774. The molecule has 6 rings (SSSR count). The summed E-state index contributed by atoms with van der Waals surface area (Å²) in [7, 11) is 0. The number of rotatable bonds is 1. The molecule has 1 saturated heterocycles. The summed E-state index contributed by atoms with van der Waals surface area (Å²) in [4.78, 5) is 18.5. The lowest BCUT2D eigenvalue weighted by Crippen LogP contribution is -2.54. The number of nitrogens with one attached hydrogen (secondary N) is 1. The average molecular weight is 324 g/mol. The molecule has 1 fully saturated rings. The van der Waals surface area contributed by atoms with Gasteiger partial charge in [-0.3, -0.25) is 9.69 Å². The van der Waals surface area contributed by atoms with E-state index >= 15 is 0 Å². The van der Waals surface area contributed by atoms with Gasteiger partial charge in [0.2, 0.25) is 0 Å². The van der Waals surface area contributed by atoms with Crippen molar-refractivity contribution in [3.8, 4) is 0 Å². The molecule has 0 spiro atoms. The smallest absolute Gasteiger partial charge is 0.318 e. The lowest BCUT2D eigenvalue weighted by Gasteiger charge is -2.45. The number of aromatic nitrogens is 1. The van der Waals surface area contributed by atoms with Crippen LogP contribution in [0.25, 0.3) is 10.9 Å². The SMILES string of the molecule is O=C(O)[C@@]12COCC=C3CN(CC[C@@H]31)Cc1c2[nH]c2ccccc12. The normalized spacial score (nSPS) is 31.8. The van der Waals surface area contributed by atoms with Crippen molar-refractivity contribution in [2.45, 2.75) is 18.4 Å². The highest BCUT2D eigenvalue weighted by Gasteiger charge is 2.54. The molecular weight excluding hydrogens is 304 g/mol. The third-order valence-electron chi connectivity index (χ3n) is 6.00. The Balaban J connectivity index is 1.87. The zero-order chi connectivity index (χ0) is 16.3. The minimum absolute atomic E-state index is 0.000798. The third-order valence-corrected chi connectivity index (χ3v) is 6.00. The number of benzene rings is 1. The molecule has 5 heterocycles. The van der Waals surface area contributed by atoms with Gasteiger partial charge in [-0.15, -0.1) is 0 Å². The predicted octanol–water partition coefficient (Wildman–Crippen LogP) is 2.28. The van der Waals surface area contributed by atoms with Crippen molar-refractivity contribution in [3.05, 3.63) is 47.2 Å². The van der Waals surface area contributed by atoms with Gasteiger partial charge in [-0.25, -0.2) is 0 Å². The molecule has 2 aromatic rings. The van der Waals surface area contributed by atoms with E-state index in [9.17, 15) is 9.90 Å². The van der Waals surface area contributed by atoms with Gasteiger partial charge in [0.1, 0.15) is 5.41 Å². The van der Waals surface area contributed by atoms with Crippen LogP contribution in [-0.2, 0) is 21.5 Å². The first-order valence-corrected chi connectivity index (χ1v) is 8.52. The molecule has 0 saturated carbocycles. The van der Waals surface area contributed by atoms with Crippen molar-refractivity contribution in [3.63, 3.8) is 0 Å². The molecule has 124 valence electrons. The van der Waals surface area contributed by atoms with Crippen LogP contribution in [0, 0.1) is 5.92 Å². The predicted molar refractivity (Wildman–Crippen MR) is 89.9 cm³/mol. The second-order valence-electron chi connectivity index (χ2n) is 7.15. The number of fused-ring (bicyclic) bond motifs is 2. The van der Waals surface area contributed by atoms with Crippen molar-refractivity contribution in [2.24, 2.45) is 5.92 Å². The maximum atomic E-state index is 12.6. The Hall–Kier alpha value is -2.11. The van der Waals surface area contributed by atoms with Gasteiger partial charge in [0.25, 0.3) is 0 Å². The van der Waals surface area contributed by atoms with Crippen LogP contribution in [-0.4, -0.2) is 47.3 Å². The molecule has 1 unspecified atom stereocenters. The highest BCUT2D eigenvalue weighted by molar-refractivity contribution is 5.90. The third kappa shape index (κ3) is 1.74. The van der Waals surface area contributed by atoms with Gasteiger partial charge >= 0.3 is 5.97 Å². The second kappa shape index (κ2) is 4.94. The van der Waals surface area contributed by atoms with Gasteiger partial charge in [0.05, 0.1) is 13.2 Å². The lowest BCUT2D eigenvalue weighted by molar-refractivity contribution is -0.149. The summed E-state index contributed by atoms with van der Waals surface area (Å²) >= 11 is 0. The molecule has 1 aromatic carbocycles. The van der Waals surface area contributed by atoms with Crippen LogP contribution in [0.1, 0.15) is 17.7 Å². The van der Waals surface area contributed by atoms with E-state index in [1.54, 1.807) is 0 Å². The Morgan fingerprint density at radius 1 is 1.33 bits per heavy atom. The number of H-pyrrole nitrogens is 1. The standard InChI is InChI=1S/C19H20N2O3/c22-18(23)19-11-24-8-6-12-9-21(7-5-15(12)19)10-14-13-3-1-2-4-16(13)20-17(14)19/h1-4,6,15,20H,5,7-11H2,(H,22,23)/t15-,19-/m0/s1. The van der Waals surface area contributed by atoms with Gasteiger partial charge in [-0.05, 0) is 24.6 Å². The van der Waals surface area contributed by atoms with E-state index < -0.39 is 11.4 Å². The second-order valence-corrected chi connectivity index (χ2v) is 7.15. The Labute approximate surface area is 139 Å². The van der Waals surface area contributed by atoms with Crippen LogP contribution in [0.2, 0.25) is 0 Å². The summed E-state index contributed by atoms with van der Waals surface area (Å²) in [5, 5.41) is 11.5. The molecule has 4 aliphatic heterocycles. The number of piperidine rings is 1. The monoisotopic (exact) mass is 324 g/mol. The van der Waals surface area contributed by atoms with E-state index in [-0.39, 0.29) is 12.5 Å². The number of carbonyl (C=O) groups is 1. The molecule has 0 radical (unpaired) electrons. The van der Waals surface area contributed by atoms with Crippen LogP contribution in [0.15, 0.2) is 35.9 Å². The van der Waals surface area contributed by atoms with Crippen molar-refractivity contribution in [1.82, 2.24) is 9.88 Å². The molecule has 5 heteroatoms. The highest BCUT2D eigenvalue weighted by atomic mass is 16.5. The number of nitrogens with zero attached hydrogens (tertiary/aromatic N) is 1. The maximum absolute atomic E-state index is 12.6. The van der Waals surface area contributed by atoms with Crippen molar-refractivity contribution in [1.29, 1.82) is 0 Å². The number of aromatic amines is 1. The summed E-state index contributed by atoms with van der Waals surface area (Å²) in [5.41, 5.74) is 3.20. The number of carboxylic acids is 1. The number of ether oxygens (including phenoxy) is 1. The number of hydrogen-bond donors (Lipinski definition) is 2. The molecule has 0 amide bonds. The summed E-state index contributed by atoms with van der Waals surface area (Å²) in [6, 6.07) is 8.13. The van der Waals surface area contributed by atoms with Crippen molar-refractivity contribution >= 4 is 16.9 Å². The van der Waals surface area contributed by atoms with Gasteiger partial charge in [0, 0.05) is 35.6 Å². The fourth-order valence-corrected chi connectivity index (χ4v) is 4.87. The van der Waals surface area contributed by atoms with E-state index in [2.05, 4.69) is 22.0 Å². The molecule has 5 nitrogen and oxygen atoms in total. The van der Waals surface area contributed by atoms with E-state index in [0.717, 1.165) is 48.2 Å². The Morgan fingerprint density at radius 2 is 2.21 bits per heavy atom. The van der Waals surface area contributed by atoms with Crippen LogP contribution >= 0.6 is 0 Å². The van der Waals surface area contributed by atoms with Crippen molar-refractivity contribution in [2.75, 3.05) is 26.3 Å². The number of para-hydroxylation sites is 1. The molecule has 2 N–H and O–H groups in total. The van der Waals surface area contributed by atoms with Gasteiger partial charge in [-0.1, -0.05) is 29.8 Å². The van der Waals surface area contributed by atoms with E-state index in [0.29, 0.717) is 6.61 Å². The quantitative estimate of drug-likeness (QED) is 0.790. The van der Waals surface area contributed by atoms with Crippen molar-refractivity contribution < 1.29 is 14.6 Å². The Kier molecular flexibility index (Phi) is 2.94. The zero-order valence-corrected chi connectivity index (χ0v) is 13.4. The summed E-state index contributed by atoms with van der Waals surface area (Å²) in [6.45, 7) is 3.31. The number of hydrogen-bond acceptors (Lipinski definition) is 3. The van der Waals surface area contributed by atoms with Crippen LogP contribution in [0.3, 0.4) is 0 Å². The molecule has 0 aliphatic carbocycles. The zero-order valence-electron chi connectivity index (χ0n) is 13.4. The fraction of sp³-hybridized carbons (Fsp3) is 0.421. The van der Waals surface area contributed by atoms with Crippen LogP contribution in [0.4, 0.5) is 0 Å². The topological polar surface area (TPSA) is 65.6 Å². The summed E-state index contributed by atoms with van der Waals surface area (Å²) < 4.78 is 5.79. The molecular formula is C19H20N2O3. The van der Waals surface area contributed by atoms with Gasteiger partial charge < -0.3 is 14.8 Å². The first-order chi connectivity index (χ1) is 11.7. The van der Waals surface area contributed by atoms with Gasteiger partial charge in [-0.2, -0.15) is 0 Å².